The SMILES string of the molecule is C=C1NC(C)=CC(C)=C1CNC(=O)c1c(Cl)c(-c2ccc3c(c2)OCCO3)nc2c1cnn2C(C)C. The fourth-order valence-corrected chi connectivity index (χ4v) is 4.86. The lowest BCUT2D eigenvalue weighted by atomic mass is 10.0. The van der Waals surface area contributed by atoms with Crippen molar-refractivity contribution in [2.45, 2.75) is 33.7 Å². The van der Waals surface area contributed by atoms with Crippen LogP contribution in [0.25, 0.3) is 22.3 Å². The number of nitrogens with one attached hydrogen (secondary N) is 2. The molecule has 3 aromatic rings. The molecular formula is C27H28ClN5O3. The third-order valence-electron chi connectivity index (χ3n) is 6.26. The molecule has 0 bridgehead atoms. The van der Waals surface area contributed by atoms with Crippen LogP contribution in [0, 0.1) is 0 Å². The maximum Gasteiger partial charge on any atom is 0.253 e. The summed E-state index contributed by atoms with van der Waals surface area (Å²) >= 11 is 6.90. The maximum atomic E-state index is 13.6. The van der Waals surface area contributed by atoms with Crippen LogP contribution in [0.3, 0.4) is 0 Å². The monoisotopic (exact) mass is 505 g/mol. The summed E-state index contributed by atoms with van der Waals surface area (Å²) in [4.78, 5) is 18.5. The second-order valence-electron chi connectivity index (χ2n) is 9.20. The van der Waals surface area contributed by atoms with Crippen LogP contribution in [0.1, 0.15) is 44.1 Å². The van der Waals surface area contributed by atoms with Gasteiger partial charge in [-0.2, -0.15) is 5.10 Å². The molecule has 2 aliphatic rings. The Bertz CT molecular complexity index is 1470. The second kappa shape index (κ2) is 9.35. The predicted octanol–water partition coefficient (Wildman–Crippen LogP) is 5.17. The number of pyridine rings is 1. The lowest BCUT2D eigenvalue weighted by molar-refractivity contribution is 0.0959. The third kappa shape index (κ3) is 4.22. The van der Waals surface area contributed by atoms with Crippen molar-refractivity contribution >= 4 is 28.5 Å². The van der Waals surface area contributed by atoms with Crippen molar-refractivity contribution in [3.8, 4) is 22.8 Å². The number of benzene rings is 1. The van der Waals surface area contributed by atoms with Crippen LogP contribution in [0.4, 0.5) is 0 Å². The Morgan fingerprint density at radius 3 is 2.72 bits per heavy atom. The number of rotatable bonds is 5. The lowest BCUT2D eigenvalue weighted by Crippen LogP contribution is -2.30. The fourth-order valence-electron chi connectivity index (χ4n) is 4.52. The van der Waals surface area contributed by atoms with Crippen LogP contribution in [0.5, 0.6) is 11.5 Å². The average molecular weight is 506 g/mol. The summed E-state index contributed by atoms with van der Waals surface area (Å²) in [5.74, 6) is 0.977. The van der Waals surface area contributed by atoms with Crippen molar-refractivity contribution in [3.63, 3.8) is 0 Å². The average Bonchev–Trinajstić information content (AvgIpc) is 3.26. The molecule has 0 saturated heterocycles. The van der Waals surface area contributed by atoms with Crippen molar-refractivity contribution in [2.24, 2.45) is 0 Å². The van der Waals surface area contributed by atoms with Gasteiger partial charge in [0, 0.05) is 29.5 Å². The van der Waals surface area contributed by atoms with E-state index in [1.807, 2.05) is 52.0 Å². The van der Waals surface area contributed by atoms with E-state index in [4.69, 9.17) is 26.1 Å². The van der Waals surface area contributed by atoms with Gasteiger partial charge in [-0.25, -0.2) is 9.67 Å². The molecule has 0 fully saturated rings. The molecule has 5 rings (SSSR count). The van der Waals surface area contributed by atoms with E-state index >= 15 is 0 Å². The molecule has 2 aliphatic heterocycles. The normalized spacial score (nSPS) is 15.3. The summed E-state index contributed by atoms with van der Waals surface area (Å²) in [7, 11) is 0. The molecular weight excluding hydrogens is 478 g/mol. The summed E-state index contributed by atoms with van der Waals surface area (Å²) in [6, 6.07) is 5.58. The van der Waals surface area contributed by atoms with Gasteiger partial charge in [0.25, 0.3) is 5.91 Å². The van der Waals surface area contributed by atoms with Gasteiger partial charge in [-0.15, -0.1) is 0 Å². The fraction of sp³-hybridized carbons (Fsp3) is 0.296. The van der Waals surface area contributed by atoms with E-state index in [0.29, 0.717) is 53.5 Å². The molecule has 0 saturated carbocycles. The first-order valence-corrected chi connectivity index (χ1v) is 12.2. The molecule has 2 N–H and O–H groups in total. The summed E-state index contributed by atoms with van der Waals surface area (Å²) in [5, 5.41) is 11.6. The van der Waals surface area contributed by atoms with Crippen molar-refractivity contribution < 1.29 is 14.3 Å². The van der Waals surface area contributed by atoms with Crippen LogP contribution >= 0.6 is 11.6 Å². The zero-order chi connectivity index (χ0) is 25.6. The molecule has 2 aromatic heterocycles. The number of hydrogen-bond donors (Lipinski definition) is 2. The van der Waals surface area contributed by atoms with Crippen LogP contribution in [0.15, 0.2) is 59.6 Å². The van der Waals surface area contributed by atoms with Crippen molar-refractivity contribution in [3.05, 3.63) is 70.2 Å². The summed E-state index contributed by atoms with van der Waals surface area (Å²) in [6.07, 6.45) is 3.68. The number of carbonyl (C=O) groups is 1. The minimum Gasteiger partial charge on any atom is -0.486 e. The van der Waals surface area contributed by atoms with Crippen LogP contribution in [-0.2, 0) is 0 Å². The number of ether oxygens (including phenoxy) is 2. The summed E-state index contributed by atoms with van der Waals surface area (Å²) in [6.45, 7) is 13.4. The Balaban J connectivity index is 1.59. The number of amides is 1. The van der Waals surface area contributed by atoms with Gasteiger partial charge in [0.2, 0.25) is 0 Å². The number of dihydropyridines is 1. The number of allylic oxidation sites excluding steroid dienone is 3. The molecule has 0 radical (unpaired) electrons. The van der Waals surface area contributed by atoms with E-state index in [1.54, 1.807) is 10.9 Å². The van der Waals surface area contributed by atoms with Crippen LogP contribution in [-0.4, -0.2) is 40.4 Å². The first-order valence-electron chi connectivity index (χ1n) is 11.8. The van der Waals surface area contributed by atoms with Crippen LogP contribution in [0.2, 0.25) is 5.02 Å². The van der Waals surface area contributed by atoms with E-state index < -0.39 is 0 Å². The number of halogens is 1. The standard InChI is InChI=1S/C27H28ClN5O3/c1-14(2)33-26-20(13-30-33)23(27(34)29-12-19-15(3)10-16(4)31-17(19)5)24(28)25(32-26)18-6-7-21-22(11-18)36-9-8-35-21/h6-7,10-11,13-14,31H,5,8-9,12H2,1-4H3,(H,29,34). The molecule has 9 heteroatoms. The number of fused-ring (bicyclic) bond motifs is 2. The Kier molecular flexibility index (Phi) is 6.22. The molecule has 186 valence electrons. The first kappa shape index (κ1) is 23.9. The quantitative estimate of drug-likeness (QED) is 0.497. The van der Waals surface area contributed by atoms with Gasteiger partial charge in [-0.05, 0) is 63.1 Å². The first-order chi connectivity index (χ1) is 17.2. The minimum atomic E-state index is -0.311. The van der Waals surface area contributed by atoms with E-state index in [1.165, 1.54) is 0 Å². The minimum absolute atomic E-state index is 0.0414. The number of nitrogens with zero attached hydrogens (tertiary/aromatic N) is 3. The zero-order valence-electron chi connectivity index (χ0n) is 20.7. The lowest BCUT2D eigenvalue weighted by Gasteiger charge is -2.22. The molecule has 0 unspecified atom stereocenters. The highest BCUT2D eigenvalue weighted by Gasteiger charge is 2.25. The maximum absolute atomic E-state index is 13.6. The molecule has 4 heterocycles. The zero-order valence-corrected chi connectivity index (χ0v) is 21.5. The van der Waals surface area contributed by atoms with E-state index in [9.17, 15) is 4.79 Å². The van der Waals surface area contributed by atoms with Gasteiger partial charge in [-0.3, -0.25) is 4.79 Å². The highest BCUT2D eigenvalue weighted by molar-refractivity contribution is 6.38. The predicted molar refractivity (Wildman–Crippen MR) is 140 cm³/mol. The molecule has 1 aromatic carbocycles. The van der Waals surface area contributed by atoms with Crippen molar-refractivity contribution in [2.75, 3.05) is 19.8 Å². The number of hydrogen-bond acceptors (Lipinski definition) is 6. The van der Waals surface area contributed by atoms with E-state index in [0.717, 1.165) is 28.1 Å². The van der Waals surface area contributed by atoms with Crippen molar-refractivity contribution in [1.82, 2.24) is 25.4 Å². The number of carbonyl (C=O) groups excluding carboxylic acids is 1. The van der Waals surface area contributed by atoms with Gasteiger partial charge in [0.05, 0.1) is 27.9 Å². The molecule has 0 aliphatic carbocycles. The Morgan fingerprint density at radius 2 is 2.00 bits per heavy atom. The smallest absolute Gasteiger partial charge is 0.253 e. The van der Waals surface area contributed by atoms with Gasteiger partial charge in [0.15, 0.2) is 17.1 Å². The van der Waals surface area contributed by atoms with Crippen LogP contribution < -0.4 is 20.1 Å². The highest BCUT2D eigenvalue weighted by atomic mass is 35.5. The molecule has 1 amide bonds. The Hall–Kier alpha value is -3.78. The van der Waals surface area contributed by atoms with Gasteiger partial charge in [0.1, 0.15) is 13.2 Å². The van der Waals surface area contributed by atoms with Gasteiger partial charge in [-0.1, -0.05) is 18.2 Å². The van der Waals surface area contributed by atoms with E-state index in [2.05, 4.69) is 22.3 Å². The van der Waals surface area contributed by atoms with Gasteiger partial charge < -0.3 is 20.1 Å². The third-order valence-corrected chi connectivity index (χ3v) is 6.63. The summed E-state index contributed by atoms with van der Waals surface area (Å²) in [5.41, 5.74) is 5.87. The molecule has 36 heavy (non-hydrogen) atoms. The summed E-state index contributed by atoms with van der Waals surface area (Å²) < 4.78 is 13.2. The Morgan fingerprint density at radius 1 is 1.25 bits per heavy atom. The molecule has 0 atom stereocenters. The molecule has 8 nitrogen and oxygen atoms in total. The van der Waals surface area contributed by atoms with E-state index in [-0.39, 0.29) is 17.0 Å². The molecule has 0 spiro atoms. The van der Waals surface area contributed by atoms with Crippen molar-refractivity contribution in [1.29, 1.82) is 0 Å². The highest BCUT2D eigenvalue weighted by Crippen LogP contribution is 2.39. The number of aromatic nitrogens is 3. The largest absolute Gasteiger partial charge is 0.486 e. The van der Waals surface area contributed by atoms with Gasteiger partial charge >= 0.3 is 0 Å². The Labute approximate surface area is 214 Å². The topological polar surface area (TPSA) is 90.3 Å². The second-order valence-corrected chi connectivity index (χ2v) is 9.58.